The maximum Gasteiger partial charge on any atom is 0.314 e. The average Bonchev–Trinajstić information content (AvgIpc) is 2.16. The maximum atomic E-state index is 10.8. The highest BCUT2D eigenvalue weighted by atomic mass is 16.6. The van der Waals surface area contributed by atoms with Crippen LogP contribution in [0.4, 0.5) is 17.1 Å². The Morgan fingerprint density at radius 2 is 2.31 bits per heavy atom. The van der Waals surface area contributed by atoms with Crippen LogP contribution in [0.1, 0.15) is 13.3 Å². The number of hydrogen-bond acceptors (Lipinski definition) is 5. The molecule has 0 amide bonds. The molecule has 1 aromatic carbocycles. The molecular formula is C10H15N3O3. The van der Waals surface area contributed by atoms with Crippen LogP contribution in [0.25, 0.3) is 0 Å². The predicted octanol–water partition coefficient (Wildman–Crippen LogP) is 1.36. The Balaban J connectivity index is 2.79. The Hall–Kier alpha value is -1.82. The summed E-state index contributed by atoms with van der Waals surface area (Å²) in [5.41, 5.74) is 5.92. The van der Waals surface area contributed by atoms with Crippen molar-refractivity contribution in [1.29, 1.82) is 0 Å². The van der Waals surface area contributed by atoms with Crippen molar-refractivity contribution in [1.82, 2.24) is 0 Å². The first-order chi connectivity index (χ1) is 7.52. The average molecular weight is 225 g/mol. The Kier molecular flexibility index (Phi) is 4.07. The standard InChI is InChI=1S/C10H15N3O3/c1-7(14)5-6-12-9-4-2-3-8(11)10(9)13(15)16/h2-4,7,12,14H,5-6,11H2,1H3. The minimum absolute atomic E-state index is 0.118. The zero-order valence-corrected chi connectivity index (χ0v) is 9.01. The Morgan fingerprint density at radius 3 is 2.88 bits per heavy atom. The van der Waals surface area contributed by atoms with Gasteiger partial charge in [0, 0.05) is 6.54 Å². The number of benzene rings is 1. The molecule has 1 rings (SSSR count). The van der Waals surface area contributed by atoms with Gasteiger partial charge in [-0.1, -0.05) is 6.07 Å². The highest BCUT2D eigenvalue weighted by molar-refractivity contribution is 5.74. The summed E-state index contributed by atoms with van der Waals surface area (Å²) >= 11 is 0. The lowest BCUT2D eigenvalue weighted by Gasteiger charge is -2.09. The number of nitro groups is 1. The maximum absolute atomic E-state index is 10.8. The SMILES string of the molecule is CC(O)CCNc1cccc(N)c1[N+](=O)[O-]. The van der Waals surface area contributed by atoms with Crippen molar-refractivity contribution in [3.63, 3.8) is 0 Å². The number of nitrogen functional groups attached to an aromatic ring is 1. The molecule has 0 aliphatic carbocycles. The zero-order chi connectivity index (χ0) is 12.1. The van der Waals surface area contributed by atoms with E-state index in [1.807, 2.05) is 0 Å². The molecule has 88 valence electrons. The van der Waals surface area contributed by atoms with E-state index in [1.54, 1.807) is 19.1 Å². The molecule has 0 saturated heterocycles. The molecule has 0 fully saturated rings. The van der Waals surface area contributed by atoms with Crippen molar-refractivity contribution in [2.45, 2.75) is 19.4 Å². The topological polar surface area (TPSA) is 101 Å². The van der Waals surface area contributed by atoms with E-state index in [0.717, 1.165) is 0 Å². The molecule has 1 atom stereocenters. The minimum Gasteiger partial charge on any atom is -0.393 e. The molecule has 1 unspecified atom stereocenters. The van der Waals surface area contributed by atoms with Crippen LogP contribution in [-0.4, -0.2) is 22.7 Å². The van der Waals surface area contributed by atoms with Gasteiger partial charge in [-0.3, -0.25) is 10.1 Å². The first-order valence-corrected chi connectivity index (χ1v) is 4.97. The van der Waals surface area contributed by atoms with E-state index >= 15 is 0 Å². The lowest BCUT2D eigenvalue weighted by atomic mass is 10.2. The summed E-state index contributed by atoms with van der Waals surface area (Å²) < 4.78 is 0. The number of hydrogen-bond donors (Lipinski definition) is 3. The van der Waals surface area contributed by atoms with Crippen molar-refractivity contribution in [3.8, 4) is 0 Å². The summed E-state index contributed by atoms with van der Waals surface area (Å²) in [7, 11) is 0. The van der Waals surface area contributed by atoms with Crippen LogP contribution in [0.5, 0.6) is 0 Å². The molecule has 0 saturated carbocycles. The van der Waals surface area contributed by atoms with Gasteiger partial charge in [0.1, 0.15) is 11.4 Å². The van der Waals surface area contributed by atoms with Crippen LogP contribution in [0.3, 0.4) is 0 Å². The molecule has 0 heterocycles. The van der Waals surface area contributed by atoms with Gasteiger partial charge in [0.25, 0.3) is 0 Å². The number of para-hydroxylation sites is 1. The van der Waals surface area contributed by atoms with Crippen LogP contribution >= 0.6 is 0 Å². The molecule has 0 bridgehead atoms. The smallest absolute Gasteiger partial charge is 0.314 e. The Bertz CT molecular complexity index is 380. The van der Waals surface area contributed by atoms with E-state index in [1.165, 1.54) is 6.07 Å². The summed E-state index contributed by atoms with van der Waals surface area (Å²) in [4.78, 5) is 10.3. The van der Waals surface area contributed by atoms with Gasteiger partial charge in [0.05, 0.1) is 11.0 Å². The third-order valence-corrected chi connectivity index (χ3v) is 2.13. The molecule has 0 spiro atoms. The van der Waals surface area contributed by atoms with Gasteiger partial charge in [0.2, 0.25) is 0 Å². The fourth-order valence-corrected chi connectivity index (χ4v) is 1.32. The number of anilines is 2. The normalized spacial score (nSPS) is 12.1. The van der Waals surface area contributed by atoms with Crippen molar-refractivity contribution in [2.75, 3.05) is 17.6 Å². The van der Waals surface area contributed by atoms with Crippen LogP contribution in [0.15, 0.2) is 18.2 Å². The van der Waals surface area contributed by atoms with E-state index < -0.39 is 11.0 Å². The molecule has 0 aliphatic rings. The number of aliphatic hydroxyl groups is 1. The largest absolute Gasteiger partial charge is 0.393 e. The van der Waals surface area contributed by atoms with Crippen LogP contribution in [0, 0.1) is 10.1 Å². The van der Waals surface area contributed by atoms with Crippen LogP contribution in [0.2, 0.25) is 0 Å². The van der Waals surface area contributed by atoms with Crippen molar-refractivity contribution >= 4 is 17.1 Å². The number of nitrogens with zero attached hydrogens (tertiary/aromatic N) is 1. The first-order valence-electron chi connectivity index (χ1n) is 4.97. The fourth-order valence-electron chi connectivity index (χ4n) is 1.32. The summed E-state index contributed by atoms with van der Waals surface area (Å²) in [6, 6.07) is 4.72. The highest BCUT2D eigenvalue weighted by Gasteiger charge is 2.16. The van der Waals surface area contributed by atoms with E-state index in [4.69, 9.17) is 10.8 Å². The molecule has 1 aromatic rings. The second-order valence-electron chi connectivity index (χ2n) is 3.56. The van der Waals surface area contributed by atoms with E-state index in [2.05, 4.69) is 5.32 Å². The molecular weight excluding hydrogens is 210 g/mol. The van der Waals surface area contributed by atoms with Gasteiger partial charge >= 0.3 is 5.69 Å². The van der Waals surface area contributed by atoms with E-state index in [9.17, 15) is 10.1 Å². The van der Waals surface area contributed by atoms with Crippen LogP contribution < -0.4 is 11.1 Å². The van der Waals surface area contributed by atoms with Gasteiger partial charge in [0.15, 0.2) is 0 Å². The van der Waals surface area contributed by atoms with Crippen molar-refractivity contribution in [2.24, 2.45) is 0 Å². The first kappa shape index (κ1) is 12.3. The van der Waals surface area contributed by atoms with Gasteiger partial charge in [-0.2, -0.15) is 0 Å². The van der Waals surface area contributed by atoms with Gasteiger partial charge in [-0.25, -0.2) is 0 Å². The fraction of sp³-hybridized carbons (Fsp3) is 0.400. The van der Waals surface area contributed by atoms with E-state index in [0.29, 0.717) is 18.7 Å². The van der Waals surface area contributed by atoms with Gasteiger partial charge in [-0.05, 0) is 25.5 Å². The quantitative estimate of drug-likeness (QED) is 0.399. The second-order valence-corrected chi connectivity index (χ2v) is 3.56. The summed E-state index contributed by atoms with van der Waals surface area (Å²) in [5, 5.41) is 22.7. The highest BCUT2D eigenvalue weighted by Crippen LogP contribution is 2.30. The lowest BCUT2D eigenvalue weighted by molar-refractivity contribution is -0.383. The van der Waals surface area contributed by atoms with Crippen molar-refractivity contribution in [3.05, 3.63) is 28.3 Å². The summed E-state index contributed by atoms with van der Waals surface area (Å²) in [6.45, 7) is 2.12. The number of nitrogens with one attached hydrogen (secondary N) is 1. The number of nitro benzene ring substituents is 1. The molecule has 0 aromatic heterocycles. The van der Waals surface area contributed by atoms with Gasteiger partial charge < -0.3 is 16.2 Å². The third-order valence-electron chi connectivity index (χ3n) is 2.13. The number of nitrogens with two attached hydrogens (primary N) is 1. The van der Waals surface area contributed by atoms with Crippen molar-refractivity contribution < 1.29 is 10.0 Å². The summed E-state index contributed by atoms with van der Waals surface area (Å²) in [5.74, 6) is 0. The van der Waals surface area contributed by atoms with Gasteiger partial charge in [-0.15, -0.1) is 0 Å². The zero-order valence-electron chi connectivity index (χ0n) is 9.01. The number of rotatable bonds is 5. The Morgan fingerprint density at radius 1 is 1.62 bits per heavy atom. The number of aliphatic hydroxyl groups excluding tert-OH is 1. The molecule has 16 heavy (non-hydrogen) atoms. The minimum atomic E-state index is -0.514. The third kappa shape index (κ3) is 3.09. The molecule has 4 N–H and O–H groups in total. The molecule has 6 nitrogen and oxygen atoms in total. The predicted molar refractivity (Wildman–Crippen MR) is 62.3 cm³/mol. The lowest BCUT2D eigenvalue weighted by Crippen LogP contribution is -2.11. The van der Waals surface area contributed by atoms with Crippen LogP contribution in [-0.2, 0) is 0 Å². The molecule has 6 heteroatoms. The monoisotopic (exact) mass is 225 g/mol. The molecule has 0 radical (unpaired) electrons. The van der Waals surface area contributed by atoms with E-state index in [-0.39, 0.29) is 11.4 Å². The second kappa shape index (κ2) is 5.32. The summed E-state index contributed by atoms with van der Waals surface area (Å²) in [6.07, 6.45) is 0.0824. The molecule has 0 aliphatic heterocycles. The Labute approximate surface area is 93.2 Å².